The van der Waals surface area contributed by atoms with Crippen LogP contribution in [0.1, 0.15) is 18.9 Å². The van der Waals surface area contributed by atoms with Crippen molar-refractivity contribution >= 4 is 5.97 Å². The predicted molar refractivity (Wildman–Crippen MR) is 108 cm³/mol. The van der Waals surface area contributed by atoms with Crippen molar-refractivity contribution in [2.75, 3.05) is 13.7 Å². The van der Waals surface area contributed by atoms with E-state index in [4.69, 9.17) is 21.2 Å². The summed E-state index contributed by atoms with van der Waals surface area (Å²) in [6.45, 7) is 12.8. The molecule has 7 nitrogen and oxygen atoms in total. The Bertz CT molecular complexity index is 875. The van der Waals surface area contributed by atoms with Gasteiger partial charge in [0.15, 0.2) is 0 Å². The Labute approximate surface area is 170 Å². The molecule has 0 spiro atoms. The highest BCUT2D eigenvalue weighted by Gasteiger charge is 2.59. The van der Waals surface area contributed by atoms with E-state index in [2.05, 4.69) is 22.3 Å². The van der Waals surface area contributed by atoms with Crippen molar-refractivity contribution in [2.45, 2.75) is 37.5 Å². The summed E-state index contributed by atoms with van der Waals surface area (Å²) in [6.07, 6.45) is 1.87. The highest BCUT2D eigenvalue weighted by atomic mass is 16.6. The summed E-state index contributed by atoms with van der Waals surface area (Å²) in [7, 11) is 1.57. The zero-order valence-electron chi connectivity index (χ0n) is 16.5. The van der Waals surface area contributed by atoms with E-state index in [9.17, 15) is 9.90 Å². The summed E-state index contributed by atoms with van der Waals surface area (Å²) in [4.78, 5) is 19.8. The molecule has 2 N–H and O–H groups in total. The Balaban J connectivity index is 2.52. The molecule has 0 saturated heterocycles. The largest absolute Gasteiger partial charge is 0.497 e. The topological polar surface area (TPSA) is 84.7 Å². The number of rotatable bonds is 7. The van der Waals surface area contributed by atoms with Crippen LogP contribution < -0.4 is 4.74 Å². The third-order valence-electron chi connectivity index (χ3n) is 5.00. The number of hydrogen-bond acceptors (Lipinski definition) is 5. The van der Waals surface area contributed by atoms with E-state index in [-0.39, 0.29) is 18.5 Å². The molecule has 7 heteroatoms. The summed E-state index contributed by atoms with van der Waals surface area (Å²) >= 11 is 0. The van der Waals surface area contributed by atoms with Crippen molar-refractivity contribution in [1.82, 2.24) is 0 Å². The van der Waals surface area contributed by atoms with E-state index in [0.717, 1.165) is 5.56 Å². The van der Waals surface area contributed by atoms with Gasteiger partial charge in [0.2, 0.25) is 0 Å². The first-order valence-electron chi connectivity index (χ1n) is 9.15. The number of methoxy groups -OCH3 is 1. The molecule has 0 radical (unpaired) electrons. The van der Waals surface area contributed by atoms with Gasteiger partial charge >= 0.3 is 17.2 Å². The lowest BCUT2D eigenvalue weighted by Crippen LogP contribution is -2.48. The summed E-state index contributed by atoms with van der Waals surface area (Å²) in [6, 6.07) is 9.93. The van der Waals surface area contributed by atoms with Crippen LogP contribution in [0.15, 0.2) is 48.7 Å². The minimum Gasteiger partial charge on any atom is -0.497 e. The van der Waals surface area contributed by atoms with Gasteiger partial charge in [0, 0.05) is 0 Å². The second-order valence-electron chi connectivity index (χ2n) is 6.75. The maximum absolute atomic E-state index is 11.7. The Hall–Kier alpha value is -3.13. The molecule has 1 aliphatic carbocycles. The van der Waals surface area contributed by atoms with Gasteiger partial charge in [-0.15, -0.1) is 0 Å². The Morgan fingerprint density at radius 2 is 2.07 bits per heavy atom. The molecule has 29 heavy (non-hydrogen) atoms. The van der Waals surface area contributed by atoms with Crippen LogP contribution >= 0.6 is 0 Å². The van der Waals surface area contributed by atoms with Gasteiger partial charge in [0.1, 0.15) is 18.5 Å². The lowest BCUT2D eigenvalue weighted by molar-refractivity contribution is -0.154. The molecule has 4 atom stereocenters. The molecule has 0 fully saturated rings. The van der Waals surface area contributed by atoms with Gasteiger partial charge in [0.25, 0.3) is 6.07 Å². The van der Waals surface area contributed by atoms with Crippen molar-refractivity contribution < 1.29 is 24.5 Å². The molecule has 152 valence electrons. The summed E-state index contributed by atoms with van der Waals surface area (Å²) in [5.41, 5.74) is -0.182. The number of nitrogens with zero attached hydrogens (tertiary/aromatic N) is 2. The van der Waals surface area contributed by atoms with Gasteiger partial charge in [-0.3, -0.25) is 4.85 Å². The van der Waals surface area contributed by atoms with Crippen molar-refractivity contribution in [3.05, 3.63) is 70.5 Å². The first-order chi connectivity index (χ1) is 13.9. The minimum absolute atomic E-state index is 0.177. The van der Waals surface area contributed by atoms with E-state index in [1.165, 1.54) is 6.08 Å². The van der Waals surface area contributed by atoms with Gasteiger partial charge in [-0.2, -0.15) is 0 Å². The average Bonchev–Trinajstić information content (AvgIpc) is 2.73. The number of esters is 1. The van der Waals surface area contributed by atoms with Crippen LogP contribution in [0.25, 0.3) is 9.69 Å². The highest BCUT2D eigenvalue weighted by Crippen LogP contribution is 2.42. The van der Waals surface area contributed by atoms with Crippen molar-refractivity contribution in [1.29, 1.82) is 0 Å². The van der Waals surface area contributed by atoms with Crippen LogP contribution in [0.2, 0.25) is 0 Å². The van der Waals surface area contributed by atoms with Gasteiger partial charge in [-0.05, 0) is 41.6 Å². The molecule has 0 amide bonds. The highest BCUT2D eigenvalue weighted by molar-refractivity contribution is 5.70. The maximum Gasteiger partial charge on any atom is 0.394 e. The number of aliphatic hydroxyl groups excluding tert-OH is 2. The zero-order valence-corrected chi connectivity index (χ0v) is 16.5. The molecule has 1 aromatic carbocycles. The molecule has 0 heterocycles. The third kappa shape index (κ3) is 5.03. The van der Waals surface area contributed by atoms with Crippen LogP contribution in [-0.4, -0.2) is 47.6 Å². The number of carbonyl (C=O) groups is 1. The van der Waals surface area contributed by atoms with Gasteiger partial charge in [-0.1, -0.05) is 18.2 Å². The van der Waals surface area contributed by atoms with Gasteiger partial charge in [0.05, 0.1) is 32.5 Å². The lowest BCUT2D eigenvalue weighted by atomic mass is 9.70. The van der Waals surface area contributed by atoms with Crippen LogP contribution in [-0.2, 0) is 16.0 Å². The van der Waals surface area contributed by atoms with Gasteiger partial charge in [-0.25, -0.2) is 11.4 Å². The first-order valence-corrected chi connectivity index (χ1v) is 9.15. The normalized spacial score (nSPS) is 22.4. The monoisotopic (exact) mass is 397 g/mol. The van der Waals surface area contributed by atoms with Crippen molar-refractivity contribution in [3.8, 4) is 11.8 Å². The van der Waals surface area contributed by atoms with E-state index in [1.54, 1.807) is 32.2 Å². The van der Waals surface area contributed by atoms with Crippen molar-refractivity contribution in [3.63, 3.8) is 0 Å². The fourth-order valence-corrected chi connectivity index (χ4v) is 3.54. The predicted octanol–water partition coefficient (Wildman–Crippen LogP) is 2.60. The number of hydrogen-bond donors (Lipinski definition) is 2. The summed E-state index contributed by atoms with van der Waals surface area (Å²) in [5, 5.41) is 19.3. The molecule has 0 saturated carbocycles. The Morgan fingerprint density at radius 1 is 1.38 bits per heavy atom. The fourth-order valence-electron chi connectivity index (χ4n) is 3.54. The van der Waals surface area contributed by atoms with E-state index in [0.29, 0.717) is 5.75 Å². The molecule has 1 aliphatic rings. The molecular weight excluding hydrogens is 372 g/mol. The zero-order chi connectivity index (χ0) is 21.4. The number of ether oxygens (including phenoxy) is 2. The van der Waals surface area contributed by atoms with Gasteiger partial charge < -0.3 is 19.7 Å². The Morgan fingerprint density at radius 3 is 2.62 bits per heavy atom. The number of aliphatic hydroxyl groups is 2. The van der Waals surface area contributed by atoms with E-state index < -0.39 is 36.2 Å². The molecule has 0 aromatic heterocycles. The summed E-state index contributed by atoms with van der Waals surface area (Å²) < 4.78 is 10.5. The number of benzene rings is 1. The van der Waals surface area contributed by atoms with E-state index in [1.807, 2.05) is 12.1 Å². The van der Waals surface area contributed by atoms with Crippen LogP contribution in [0.5, 0.6) is 5.75 Å². The molecule has 4 unspecified atom stereocenters. The standard InChI is InChI=1S/C22H25N2O5/c1-5-24-15(2)22(23-3,13-16-6-9-18(28-4)10-7-16)19-12-17(26)8-11-20(19)29-21(27)14-25/h6-11,17,19-20,25-26H,2,12-14H2,1,4H3/q+1. The van der Waals surface area contributed by atoms with Crippen molar-refractivity contribution in [2.24, 2.45) is 5.92 Å². The second-order valence-corrected chi connectivity index (χ2v) is 6.75. The average molecular weight is 397 g/mol. The van der Waals surface area contributed by atoms with Crippen LogP contribution in [0.4, 0.5) is 0 Å². The lowest BCUT2D eigenvalue weighted by Gasteiger charge is -2.34. The SMILES string of the molecule is [C-]#[N+]C(Cc1ccc(OC)cc1)(C(=C)[N+]#CC)C1CC(O)C=CC1OC(=O)CO. The molecule has 2 rings (SSSR count). The minimum atomic E-state index is -1.29. The third-order valence-corrected chi connectivity index (χ3v) is 5.00. The van der Waals surface area contributed by atoms with Crippen LogP contribution in [0.3, 0.4) is 0 Å². The first kappa shape index (κ1) is 22.2. The smallest absolute Gasteiger partial charge is 0.394 e. The second kappa shape index (κ2) is 9.88. The molecule has 0 aliphatic heterocycles. The van der Waals surface area contributed by atoms with E-state index >= 15 is 0 Å². The molecule has 1 aromatic rings. The maximum atomic E-state index is 11.7. The fraction of sp³-hybridized carbons (Fsp3) is 0.409. The number of carbonyl (C=O) groups excluding carboxylic acids is 1. The molecule has 0 bridgehead atoms. The van der Waals surface area contributed by atoms with Crippen LogP contribution in [0, 0.1) is 18.6 Å². The Kier molecular flexibility index (Phi) is 7.55. The molecular formula is C22H25N2O5+. The summed E-state index contributed by atoms with van der Waals surface area (Å²) in [5.74, 6) is -0.741. The quantitative estimate of drug-likeness (QED) is 0.420.